The Kier molecular flexibility index (Phi) is 4.95. The number of hydrogen-bond donors (Lipinski definition) is 2. The van der Waals surface area contributed by atoms with E-state index in [9.17, 15) is 9.59 Å². The van der Waals surface area contributed by atoms with Gasteiger partial charge in [-0.05, 0) is 36.2 Å². The summed E-state index contributed by atoms with van der Waals surface area (Å²) in [7, 11) is 0. The molecule has 0 aliphatic rings. The summed E-state index contributed by atoms with van der Waals surface area (Å²) in [6.45, 7) is 0. The number of carbonyl (C=O) groups is 2. The second-order valence-corrected chi connectivity index (χ2v) is 4.96. The van der Waals surface area contributed by atoms with Crippen LogP contribution < -0.4 is 5.32 Å². The minimum absolute atomic E-state index is 0.0809. The van der Waals surface area contributed by atoms with E-state index < -0.39 is 5.97 Å². The first-order valence-corrected chi connectivity index (χ1v) is 6.80. The van der Waals surface area contributed by atoms with Gasteiger partial charge in [-0.25, -0.2) is 4.79 Å². The van der Waals surface area contributed by atoms with E-state index in [1.54, 1.807) is 30.3 Å². The number of rotatable bonds is 5. The SMILES string of the molecule is O=C(CCc1ccc(Cl)cc1)Nc1ccccc1C(=O)O. The average molecular weight is 304 g/mol. The Balaban J connectivity index is 1.96. The van der Waals surface area contributed by atoms with Crippen molar-refractivity contribution in [3.8, 4) is 0 Å². The number of aryl methyl sites for hydroxylation is 1. The molecule has 0 atom stereocenters. The third kappa shape index (κ3) is 4.33. The number of carboxylic acid groups (broad SMARTS) is 1. The van der Waals surface area contributed by atoms with Crippen LogP contribution in [-0.4, -0.2) is 17.0 Å². The van der Waals surface area contributed by atoms with Gasteiger partial charge in [-0.2, -0.15) is 0 Å². The molecule has 0 saturated heterocycles. The van der Waals surface area contributed by atoms with Gasteiger partial charge in [0.1, 0.15) is 0 Å². The second-order valence-electron chi connectivity index (χ2n) is 4.53. The van der Waals surface area contributed by atoms with Crippen molar-refractivity contribution in [2.24, 2.45) is 0 Å². The largest absolute Gasteiger partial charge is 0.478 e. The zero-order valence-corrected chi connectivity index (χ0v) is 11.9. The van der Waals surface area contributed by atoms with E-state index in [4.69, 9.17) is 16.7 Å². The molecule has 0 radical (unpaired) electrons. The standard InChI is InChI=1S/C16H14ClNO3/c17-12-8-5-11(6-9-12)7-10-15(19)18-14-4-2-1-3-13(14)16(20)21/h1-6,8-9H,7,10H2,(H,18,19)(H,20,21). The normalized spacial score (nSPS) is 10.1. The first-order valence-electron chi connectivity index (χ1n) is 6.43. The fourth-order valence-electron chi connectivity index (χ4n) is 1.90. The number of carbonyl (C=O) groups excluding carboxylic acids is 1. The molecule has 0 aromatic heterocycles. The van der Waals surface area contributed by atoms with E-state index in [1.165, 1.54) is 6.07 Å². The minimum Gasteiger partial charge on any atom is -0.478 e. The maximum Gasteiger partial charge on any atom is 0.337 e. The number of nitrogens with one attached hydrogen (secondary N) is 1. The van der Waals surface area contributed by atoms with Crippen LogP contribution in [-0.2, 0) is 11.2 Å². The monoisotopic (exact) mass is 303 g/mol. The van der Waals surface area contributed by atoms with Gasteiger partial charge in [-0.15, -0.1) is 0 Å². The summed E-state index contributed by atoms with van der Waals surface area (Å²) >= 11 is 5.79. The Labute approximate surface area is 127 Å². The first-order chi connectivity index (χ1) is 10.1. The van der Waals surface area contributed by atoms with Gasteiger partial charge in [0.25, 0.3) is 0 Å². The van der Waals surface area contributed by atoms with Crippen molar-refractivity contribution in [3.63, 3.8) is 0 Å². The van der Waals surface area contributed by atoms with Crippen molar-refractivity contribution in [2.75, 3.05) is 5.32 Å². The summed E-state index contributed by atoms with van der Waals surface area (Å²) in [5.41, 5.74) is 1.39. The summed E-state index contributed by atoms with van der Waals surface area (Å²) < 4.78 is 0. The lowest BCUT2D eigenvalue weighted by molar-refractivity contribution is -0.116. The van der Waals surface area contributed by atoms with E-state index in [1.807, 2.05) is 12.1 Å². The van der Waals surface area contributed by atoms with Crippen LogP contribution >= 0.6 is 11.6 Å². The molecule has 1 amide bonds. The molecule has 2 aromatic carbocycles. The quantitative estimate of drug-likeness (QED) is 0.886. The van der Waals surface area contributed by atoms with E-state index in [2.05, 4.69) is 5.32 Å². The maximum atomic E-state index is 11.9. The summed E-state index contributed by atoms with van der Waals surface area (Å²) in [5.74, 6) is -1.29. The topological polar surface area (TPSA) is 66.4 Å². The van der Waals surface area contributed by atoms with Gasteiger partial charge in [0.05, 0.1) is 11.3 Å². The van der Waals surface area contributed by atoms with Crippen LogP contribution in [0.3, 0.4) is 0 Å². The number of halogens is 1. The fraction of sp³-hybridized carbons (Fsp3) is 0.125. The van der Waals surface area contributed by atoms with Crippen LogP contribution in [0.1, 0.15) is 22.3 Å². The average Bonchev–Trinajstić information content (AvgIpc) is 2.47. The van der Waals surface area contributed by atoms with Crippen LogP contribution in [0.15, 0.2) is 48.5 Å². The molecule has 0 unspecified atom stereocenters. The number of anilines is 1. The first kappa shape index (κ1) is 15.1. The molecule has 4 nitrogen and oxygen atoms in total. The summed E-state index contributed by atoms with van der Waals surface area (Å²) in [5, 5.41) is 12.3. The molecule has 2 aromatic rings. The Morgan fingerprint density at radius 3 is 2.38 bits per heavy atom. The highest BCUT2D eigenvalue weighted by molar-refractivity contribution is 6.30. The molecule has 2 N–H and O–H groups in total. The molecule has 0 bridgehead atoms. The molecule has 108 valence electrons. The van der Waals surface area contributed by atoms with Crippen molar-refractivity contribution in [1.29, 1.82) is 0 Å². The van der Waals surface area contributed by atoms with Gasteiger partial charge < -0.3 is 10.4 Å². The molecular weight excluding hydrogens is 290 g/mol. The molecule has 21 heavy (non-hydrogen) atoms. The van der Waals surface area contributed by atoms with Gasteiger partial charge in [-0.1, -0.05) is 35.9 Å². The van der Waals surface area contributed by atoms with Crippen molar-refractivity contribution >= 4 is 29.2 Å². The maximum absolute atomic E-state index is 11.9. The van der Waals surface area contributed by atoms with Crippen LogP contribution in [0.5, 0.6) is 0 Å². The molecule has 0 spiro atoms. The van der Waals surface area contributed by atoms with Crippen molar-refractivity contribution in [1.82, 2.24) is 0 Å². The van der Waals surface area contributed by atoms with Gasteiger partial charge in [0.15, 0.2) is 0 Å². The number of benzene rings is 2. The summed E-state index contributed by atoms with van der Waals surface area (Å²) in [6, 6.07) is 13.6. The van der Waals surface area contributed by atoms with Crippen LogP contribution in [0.2, 0.25) is 5.02 Å². The Bertz CT molecular complexity index is 653. The number of para-hydroxylation sites is 1. The molecule has 2 rings (SSSR count). The lowest BCUT2D eigenvalue weighted by Gasteiger charge is -2.08. The zero-order valence-electron chi connectivity index (χ0n) is 11.2. The van der Waals surface area contributed by atoms with E-state index in [0.29, 0.717) is 17.1 Å². The summed E-state index contributed by atoms with van der Waals surface area (Å²) in [4.78, 5) is 22.9. The smallest absolute Gasteiger partial charge is 0.337 e. The highest BCUT2D eigenvalue weighted by atomic mass is 35.5. The Morgan fingerprint density at radius 1 is 1.05 bits per heavy atom. The third-order valence-electron chi connectivity index (χ3n) is 2.99. The number of carboxylic acids is 1. The van der Waals surface area contributed by atoms with Gasteiger partial charge >= 0.3 is 5.97 Å². The third-order valence-corrected chi connectivity index (χ3v) is 3.24. The Hall–Kier alpha value is -2.33. The van der Waals surface area contributed by atoms with Gasteiger partial charge in [-0.3, -0.25) is 4.79 Å². The molecule has 0 saturated carbocycles. The minimum atomic E-state index is -1.07. The zero-order chi connectivity index (χ0) is 15.2. The van der Waals surface area contributed by atoms with Crippen LogP contribution in [0.4, 0.5) is 5.69 Å². The second kappa shape index (κ2) is 6.90. The lowest BCUT2D eigenvalue weighted by atomic mass is 10.1. The highest BCUT2D eigenvalue weighted by Crippen LogP contribution is 2.16. The van der Waals surface area contributed by atoms with E-state index >= 15 is 0 Å². The number of amides is 1. The molecular formula is C16H14ClNO3. The van der Waals surface area contributed by atoms with Crippen molar-refractivity contribution in [2.45, 2.75) is 12.8 Å². The molecule has 0 aliphatic carbocycles. The predicted octanol–water partition coefficient (Wildman–Crippen LogP) is 3.61. The van der Waals surface area contributed by atoms with Crippen LogP contribution in [0.25, 0.3) is 0 Å². The van der Waals surface area contributed by atoms with Gasteiger partial charge in [0.2, 0.25) is 5.91 Å². The Morgan fingerprint density at radius 2 is 1.71 bits per heavy atom. The molecule has 0 fully saturated rings. The number of aromatic carboxylic acids is 1. The molecule has 5 heteroatoms. The van der Waals surface area contributed by atoms with Crippen LogP contribution in [0, 0.1) is 0 Å². The summed E-state index contributed by atoms with van der Waals surface area (Å²) in [6.07, 6.45) is 0.841. The number of hydrogen-bond acceptors (Lipinski definition) is 2. The van der Waals surface area contributed by atoms with Crippen molar-refractivity contribution in [3.05, 3.63) is 64.7 Å². The fourth-order valence-corrected chi connectivity index (χ4v) is 2.03. The van der Waals surface area contributed by atoms with Gasteiger partial charge in [0, 0.05) is 11.4 Å². The predicted molar refractivity (Wildman–Crippen MR) is 81.8 cm³/mol. The van der Waals surface area contributed by atoms with E-state index in [-0.39, 0.29) is 17.9 Å². The lowest BCUT2D eigenvalue weighted by Crippen LogP contribution is -2.15. The van der Waals surface area contributed by atoms with Crippen molar-refractivity contribution < 1.29 is 14.7 Å². The molecule has 0 heterocycles. The molecule has 0 aliphatic heterocycles. The van der Waals surface area contributed by atoms with E-state index in [0.717, 1.165) is 5.56 Å². The highest BCUT2D eigenvalue weighted by Gasteiger charge is 2.11.